The molecule has 2 aromatic rings. The number of likely N-dealkylation sites (N-methyl/N-ethyl adjacent to an activating group) is 1. The van der Waals surface area contributed by atoms with Crippen molar-refractivity contribution in [1.82, 2.24) is 19.6 Å². The van der Waals surface area contributed by atoms with Crippen molar-refractivity contribution in [2.75, 3.05) is 57.8 Å². The highest BCUT2D eigenvalue weighted by molar-refractivity contribution is 5.98. The quantitative estimate of drug-likeness (QED) is 0.424. The van der Waals surface area contributed by atoms with Gasteiger partial charge in [-0.05, 0) is 58.0 Å². The highest BCUT2D eigenvalue weighted by Crippen LogP contribution is 2.41. The van der Waals surface area contributed by atoms with Crippen LogP contribution in [-0.4, -0.2) is 108 Å². The molecule has 3 fully saturated rings. The van der Waals surface area contributed by atoms with Crippen LogP contribution in [0, 0.1) is 34.6 Å². The smallest absolute Gasteiger partial charge is 0.245 e. The molecule has 0 saturated carbocycles. The van der Waals surface area contributed by atoms with E-state index in [1.165, 1.54) is 28.0 Å². The topological polar surface area (TPSA) is 67.4 Å². The zero-order chi connectivity index (χ0) is 35.3. The summed E-state index contributed by atoms with van der Waals surface area (Å²) in [7, 11) is 1.96. The molecule has 0 aromatic heterocycles. The van der Waals surface area contributed by atoms with Gasteiger partial charge < -0.3 is 19.6 Å². The van der Waals surface area contributed by atoms with Crippen LogP contribution in [0.2, 0.25) is 0 Å². The van der Waals surface area contributed by atoms with Crippen molar-refractivity contribution in [3.8, 4) is 0 Å². The van der Waals surface area contributed by atoms with E-state index in [1.54, 1.807) is 25.7 Å². The van der Waals surface area contributed by atoms with Crippen molar-refractivity contribution < 1.29 is 31.9 Å². The summed E-state index contributed by atoms with van der Waals surface area (Å²) >= 11 is 0. The first-order valence-electron chi connectivity index (χ1n) is 16.6. The van der Waals surface area contributed by atoms with Crippen LogP contribution in [0.3, 0.4) is 0 Å². The molecule has 0 bridgehead atoms. The number of halogens is 4. The predicted octanol–water partition coefficient (Wildman–Crippen LogP) is 4.88. The first kappa shape index (κ1) is 35.8. The van der Waals surface area contributed by atoms with Crippen molar-refractivity contribution >= 4 is 23.4 Å². The maximum absolute atomic E-state index is 15.4. The third-order valence-corrected chi connectivity index (χ3v) is 10.0. The predicted molar refractivity (Wildman–Crippen MR) is 175 cm³/mol. The van der Waals surface area contributed by atoms with Gasteiger partial charge in [-0.15, -0.1) is 0 Å². The van der Waals surface area contributed by atoms with Crippen molar-refractivity contribution in [3.05, 3.63) is 65.2 Å². The van der Waals surface area contributed by atoms with Crippen molar-refractivity contribution in [3.63, 3.8) is 0 Å². The largest absolute Gasteiger partial charge is 0.338 e. The highest BCUT2D eigenvalue weighted by Gasteiger charge is 2.51. The Kier molecular flexibility index (Phi) is 10.0. The van der Waals surface area contributed by atoms with Crippen molar-refractivity contribution in [2.24, 2.45) is 11.3 Å². The van der Waals surface area contributed by atoms with Crippen LogP contribution < -0.4 is 4.90 Å². The minimum Gasteiger partial charge on any atom is -0.338 e. The Balaban J connectivity index is 1.56. The maximum atomic E-state index is 15.4. The third-order valence-electron chi connectivity index (χ3n) is 10.0. The van der Waals surface area contributed by atoms with E-state index in [0.29, 0.717) is 38.8 Å². The van der Waals surface area contributed by atoms with Gasteiger partial charge in [0, 0.05) is 74.8 Å². The van der Waals surface area contributed by atoms with Crippen molar-refractivity contribution in [2.45, 2.75) is 71.5 Å². The van der Waals surface area contributed by atoms with E-state index >= 15 is 8.78 Å². The number of anilines is 1. The first-order chi connectivity index (χ1) is 22.4. The molecular formula is C36H47F4N5O3. The molecule has 0 radical (unpaired) electrons. The molecule has 3 aliphatic heterocycles. The van der Waals surface area contributed by atoms with Gasteiger partial charge in [-0.25, -0.2) is 17.6 Å². The van der Waals surface area contributed by atoms with E-state index in [4.69, 9.17) is 0 Å². The summed E-state index contributed by atoms with van der Waals surface area (Å²) in [5.74, 6) is -5.68. The molecule has 0 spiro atoms. The van der Waals surface area contributed by atoms with E-state index < -0.39 is 58.5 Å². The Morgan fingerprint density at radius 2 is 1.38 bits per heavy atom. The minimum atomic E-state index is -0.973. The Labute approximate surface area is 280 Å². The van der Waals surface area contributed by atoms with Crippen LogP contribution in [0.25, 0.3) is 0 Å². The minimum absolute atomic E-state index is 0.0425. The molecule has 3 amide bonds. The van der Waals surface area contributed by atoms with Gasteiger partial charge in [-0.3, -0.25) is 19.3 Å². The number of amides is 3. The fourth-order valence-corrected chi connectivity index (χ4v) is 7.16. The van der Waals surface area contributed by atoms with E-state index in [2.05, 4.69) is 9.80 Å². The monoisotopic (exact) mass is 673 g/mol. The average Bonchev–Trinajstić information content (AvgIpc) is 3.63. The second kappa shape index (κ2) is 13.4. The molecule has 3 saturated heterocycles. The van der Waals surface area contributed by atoms with Gasteiger partial charge in [0.1, 0.15) is 29.3 Å². The number of carbonyl (C=O) groups is 3. The molecule has 1 unspecified atom stereocenters. The SMILES string of the molecule is CN1CCN(C(=O)[C@@H]2CC(N(C(=O)C(C)(C)C)c3ccc(F)cc3F)CN2C(=O)[C@@H]2CN(C(C)(C)C)C[C@H]2c2ccc(F)cc2F)CC1. The van der Waals surface area contributed by atoms with Gasteiger partial charge in [-0.1, -0.05) is 26.8 Å². The second-order valence-corrected chi connectivity index (χ2v) is 15.5. The lowest BCUT2D eigenvalue weighted by Crippen LogP contribution is -2.54. The van der Waals surface area contributed by atoms with E-state index in [0.717, 1.165) is 12.1 Å². The van der Waals surface area contributed by atoms with E-state index in [9.17, 15) is 23.2 Å². The molecule has 3 aliphatic rings. The molecule has 12 heteroatoms. The summed E-state index contributed by atoms with van der Waals surface area (Å²) in [5, 5.41) is 0. The lowest BCUT2D eigenvalue weighted by molar-refractivity contribution is -0.147. The fraction of sp³-hybridized carbons (Fsp3) is 0.583. The summed E-state index contributed by atoms with van der Waals surface area (Å²) < 4.78 is 58.6. The lowest BCUT2D eigenvalue weighted by Gasteiger charge is -2.36. The Morgan fingerprint density at radius 1 is 0.771 bits per heavy atom. The summed E-state index contributed by atoms with van der Waals surface area (Å²) in [4.78, 5) is 51.7. The molecule has 4 atom stereocenters. The van der Waals surface area contributed by atoms with Crippen LogP contribution >= 0.6 is 0 Å². The van der Waals surface area contributed by atoms with Crippen LogP contribution in [0.1, 0.15) is 59.4 Å². The number of carbonyl (C=O) groups excluding carboxylic acids is 3. The van der Waals surface area contributed by atoms with Crippen LogP contribution in [0.5, 0.6) is 0 Å². The summed E-state index contributed by atoms with van der Waals surface area (Å²) in [6.07, 6.45) is 0.0425. The maximum Gasteiger partial charge on any atom is 0.245 e. The number of nitrogens with zero attached hydrogens (tertiary/aromatic N) is 5. The zero-order valence-corrected chi connectivity index (χ0v) is 28.9. The molecule has 2 aromatic carbocycles. The third kappa shape index (κ3) is 7.24. The summed E-state index contributed by atoms with van der Waals surface area (Å²) in [6, 6.07) is 4.60. The number of hydrogen-bond acceptors (Lipinski definition) is 5. The molecule has 8 nitrogen and oxygen atoms in total. The number of piperazine rings is 1. The van der Waals surface area contributed by atoms with Crippen LogP contribution in [-0.2, 0) is 14.4 Å². The fourth-order valence-electron chi connectivity index (χ4n) is 7.16. The van der Waals surface area contributed by atoms with Gasteiger partial charge in [0.05, 0.1) is 17.6 Å². The molecule has 262 valence electrons. The Morgan fingerprint density at radius 3 is 1.94 bits per heavy atom. The Hall–Kier alpha value is -3.51. The molecule has 0 aliphatic carbocycles. The molecule has 48 heavy (non-hydrogen) atoms. The van der Waals surface area contributed by atoms with Gasteiger partial charge >= 0.3 is 0 Å². The number of rotatable bonds is 5. The zero-order valence-electron chi connectivity index (χ0n) is 28.9. The van der Waals surface area contributed by atoms with E-state index in [1.807, 2.05) is 27.8 Å². The van der Waals surface area contributed by atoms with Gasteiger partial charge in [0.2, 0.25) is 17.7 Å². The molecular weight excluding hydrogens is 626 g/mol. The standard InChI is InChI=1S/C36H47F4N5O3/c1-35(2,3)34(48)45(30-11-9-23(38)17-29(30)40)24-18-31(33(47)42-14-12-41(7)13-15-42)44(19-24)32(46)27-21-43(36(4,5)6)20-26(27)25-10-8-22(37)16-28(25)39/h8-11,16-17,24,26-27,31H,12-15,18-21H2,1-7H3/t24?,26-,27+,31-/m0/s1. The summed E-state index contributed by atoms with van der Waals surface area (Å²) in [6.45, 7) is 13.8. The Bertz CT molecular complexity index is 1550. The number of benzene rings is 2. The van der Waals surface area contributed by atoms with Crippen LogP contribution in [0.4, 0.5) is 23.2 Å². The van der Waals surface area contributed by atoms with Crippen molar-refractivity contribution in [1.29, 1.82) is 0 Å². The first-order valence-corrected chi connectivity index (χ1v) is 16.6. The molecule has 5 rings (SSSR count). The van der Waals surface area contributed by atoms with Crippen LogP contribution in [0.15, 0.2) is 36.4 Å². The second-order valence-electron chi connectivity index (χ2n) is 15.5. The summed E-state index contributed by atoms with van der Waals surface area (Å²) in [5.41, 5.74) is -1.26. The number of hydrogen-bond donors (Lipinski definition) is 0. The highest BCUT2D eigenvalue weighted by atomic mass is 19.1. The number of likely N-dealkylation sites (tertiary alicyclic amines) is 2. The van der Waals surface area contributed by atoms with E-state index in [-0.39, 0.29) is 48.1 Å². The molecule has 3 heterocycles. The lowest BCUT2D eigenvalue weighted by atomic mass is 9.87. The van der Waals surface area contributed by atoms with Gasteiger partial charge in [-0.2, -0.15) is 0 Å². The molecule has 0 N–H and O–H groups in total. The van der Waals surface area contributed by atoms with Gasteiger partial charge in [0.25, 0.3) is 0 Å². The average molecular weight is 674 g/mol. The van der Waals surface area contributed by atoms with Gasteiger partial charge in [0.15, 0.2) is 0 Å². The normalized spacial score (nSPS) is 24.3.